The zero-order valence-corrected chi connectivity index (χ0v) is 11.4. The van der Waals surface area contributed by atoms with E-state index in [1.54, 1.807) is 3.88 Å². The topological polar surface area (TPSA) is 0 Å². The maximum absolute atomic E-state index is 2.28. The van der Waals surface area contributed by atoms with Gasteiger partial charge in [0.05, 0.1) is 0 Å². The quantitative estimate of drug-likeness (QED) is 0.406. The normalized spacial score (nSPS) is 11.8. The summed E-state index contributed by atoms with van der Waals surface area (Å²) in [4.78, 5) is 0. The molecule has 5 heteroatoms. The summed E-state index contributed by atoms with van der Waals surface area (Å²) in [5.41, 5.74) is 0. The number of hydrogen-bond acceptors (Lipinski definition) is 0. The van der Waals surface area contributed by atoms with Crippen LogP contribution in [0, 0.1) is 0 Å². The fourth-order valence-electron chi connectivity index (χ4n) is 0.633. The Bertz CT molecular complexity index is 124. The first-order chi connectivity index (χ1) is 3.43. The molecule has 0 atom stereocenters. The predicted octanol–water partition coefficient (Wildman–Crippen LogP) is -8.79. The molecule has 0 N–H and O–H groups in total. The van der Waals surface area contributed by atoms with Crippen molar-refractivity contribution in [2.75, 3.05) is 0 Å². The molecule has 0 saturated heterocycles. The summed E-state index contributed by atoms with van der Waals surface area (Å²) in [6.07, 6.45) is 7.99. The van der Waals surface area contributed by atoms with Gasteiger partial charge in [-0.25, -0.2) is 0 Å². The molecule has 0 aromatic rings. The third-order valence-electron chi connectivity index (χ3n) is 1.09. The SMILES string of the molecule is [Cl-].[Cl-].[Cl-].[SiH3][Ti+3][C]1=CC=CC1. The van der Waals surface area contributed by atoms with Gasteiger partial charge < -0.3 is 37.2 Å². The van der Waals surface area contributed by atoms with Gasteiger partial charge >= 0.3 is 55.0 Å². The van der Waals surface area contributed by atoms with Crippen molar-refractivity contribution in [1.82, 2.24) is 0 Å². The third-order valence-corrected chi connectivity index (χ3v) is 5.32. The van der Waals surface area contributed by atoms with Crippen molar-refractivity contribution >= 4 is 8.11 Å². The van der Waals surface area contributed by atoms with Crippen LogP contribution < -0.4 is 37.2 Å². The molecule has 0 radical (unpaired) electrons. The Morgan fingerprint density at radius 3 is 2.10 bits per heavy atom. The summed E-state index contributed by atoms with van der Waals surface area (Å²) in [7, 11) is 1.45. The van der Waals surface area contributed by atoms with Gasteiger partial charge in [-0.1, -0.05) is 0 Å². The summed E-state index contributed by atoms with van der Waals surface area (Å²) < 4.78 is 1.74. The molecule has 0 saturated carbocycles. The zero-order chi connectivity index (χ0) is 5.11. The summed E-state index contributed by atoms with van der Waals surface area (Å²) in [5.74, 6) is 0. The molecule has 1 rings (SSSR count). The van der Waals surface area contributed by atoms with Gasteiger partial charge in [0.2, 0.25) is 0 Å². The van der Waals surface area contributed by atoms with Crippen LogP contribution in [-0.4, -0.2) is 8.11 Å². The van der Waals surface area contributed by atoms with E-state index in [0.29, 0.717) is 18.4 Å². The Balaban J connectivity index is -0.000000163. The van der Waals surface area contributed by atoms with Crippen LogP contribution in [0.3, 0.4) is 0 Å². The summed E-state index contributed by atoms with van der Waals surface area (Å²) >= 11 is 0.431. The van der Waals surface area contributed by atoms with Crippen molar-refractivity contribution in [1.29, 1.82) is 0 Å². The van der Waals surface area contributed by atoms with Crippen molar-refractivity contribution in [3.05, 3.63) is 22.1 Å². The van der Waals surface area contributed by atoms with Gasteiger partial charge in [-0.3, -0.25) is 0 Å². The molecule has 0 aromatic carbocycles. The second-order valence-corrected chi connectivity index (χ2v) is 5.42. The van der Waals surface area contributed by atoms with Gasteiger partial charge in [0, 0.05) is 0 Å². The van der Waals surface area contributed by atoms with Crippen LogP contribution in [0.25, 0.3) is 0 Å². The molecule has 1 aliphatic rings. The van der Waals surface area contributed by atoms with Crippen molar-refractivity contribution < 1.29 is 55.6 Å². The molecule has 0 heterocycles. The first-order valence-electron chi connectivity index (χ1n) is 2.47. The minimum absolute atomic E-state index is 0. The molecular formula is C5H8Cl3SiTi. The molecule has 57 valence electrons. The maximum atomic E-state index is 2.28. The molecule has 0 aromatic heterocycles. The van der Waals surface area contributed by atoms with Crippen LogP contribution in [-0.2, 0) is 18.4 Å². The molecule has 0 unspecified atom stereocenters. The zero-order valence-electron chi connectivity index (χ0n) is 5.57. The molecular weight excluding hydrogens is 242 g/mol. The Hall–Kier alpha value is 1.28. The van der Waals surface area contributed by atoms with Gasteiger partial charge in [0.25, 0.3) is 0 Å². The average molecular weight is 250 g/mol. The van der Waals surface area contributed by atoms with Gasteiger partial charge in [0.15, 0.2) is 0 Å². The van der Waals surface area contributed by atoms with Crippen molar-refractivity contribution in [3.63, 3.8) is 0 Å². The Labute approximate surface area is 91.7 Å². The Morgan fingerprint density at radius 1 is 1.30 bits per heavy atom. The van der Waals surface area contributed by atoms with Crippen LogP contribution in [0.4, 0.5) is 0 Å². The van der Waals surface area contributed by atoms with Gasteiger partial charge in [-0.15, -0.1) is 0 Å². The molecule has 1 aliphatic carbocycles. The van der Waals surface area contributed by atoms with Crippen LogP contribution >= 0.6 is 0 Å². The van der Waals surface area contributed by atoms with E-state index in [-0.39, 0.29) is 37.2 Å². The van der Waals surface area contributed by atoms with Gasteiger partial charge in [-0.2, -0.15) is 0 Å². The summed E-state index contributed by atoms with van der Waals surface area (Å²) in [6, 6.07) is 0. The predicted molar refractivity (Wildman–Crippen MR) is 31.8 cm³/mol. The van der Waals surface area contributed by atoms with E-state index >= 15 is 0 Å². The summed E-state index contributed by atoms with van der Waals surface area (Å²) in [6.45, 7) is 0. The fraction of sp³-hybridized carbons (Fsp3) is 0.200. The molecule has 0 amide bonds. The molecule has 0 aliphatic heterocycles. The van der Waals surface area contributed by atoms with E-state index in [2.05, 4.69) is 18.2 Å². The molecule has 0 spiro atoms. The second-order valence-electron chi connectivity index (χ2n) is 1.57. The van der Waals surface area contributed by atoms with E-state index in [1.807, 2.05) is 0 Å². The molecule has 0 fully saturated rings. The third kappa shape index (κ3) is 6.02. The van der Waals surface area contributed by atoms with Crippen LogP contribution in [0.1, 0.15) is 6.42 Å². The van der Waals surface area contributed by atoms with Crippen LogP contribution in [0.2, 0.25) is 0 Å². The number of allylic oxidation sites excluding steroid dienone is 4. The van der Waals surface area contributed by atoms with Crippen LogP contribution in [0.5, 0.6) is 0 Å². The van der Waals surface area contributed by atoms with E-state index < -0.39 is 0 Å². The number of halogens is 3. The number of rotatable bonds is 1. The van der Waals surface area contributed by atoms with E-state index in [9.17, 15) is 0 Å². The monoisotopic (exact) mass is 249 g/mol. The molecule has 0 nitrogen and oxygen atoms in total. The summed E-state index contributed by atoms with van der Waals surface area (Å²) in [5, 5.41) is 0. The minimum atomic E-state index is 0. The van der Waals surface area contributed by atoms with Crippen molar-refractivity contribution in [2.45, 2.75) is 6.42 Å². The van der Waals surface area contributed by atoms with E-state index in [1.165, 1.54) is 14.5 Å². The first-order valence-corrected chi connectivity index (χ1v) is 8.93. The standard InChI is InChI=1S/C5H5.3ClH.H3Si.Ti/c1-2-4-5-3-1;;;;;/h1-3H,4H2;3*1H;1H3;/q;;;;;+3/p-3. The Kier molecular flexibility index (Phi) is 17.9. The molecule has 0 bridgehead atoms. The average Bonchev–Trinajstić information content (AvgIpc) is 2.14. The molecule has 10 heavy (non-hydrogen) atoms. The van der Waals surface area contributed by atoms with Crippen molar-refractivity contribution in [3.8, 4) is 0 Å². The fourth-order valence-corrected chi connectivity index (χ4v) is 3.07. The Morgan fingerprint density at radius 2 is 1.90 bits per heavy atom. The van der Waals surface area contributed by atoms with Crippen molar-refractivity contribution in [2.24, 2.45) is 0 Å². The number of hydrogen-bond donors (Lipinski definition) is 0. The second kappa shape index (κ2) is 10.3. The van der Waals surface area contributed by atoms with E-state index in [4.69, 9.17) is 0 Å². The van der Waals surface area contributed by atoms with Gasteiger partial charge in [0.1, 0.15) is 0 Å². The van der Waals surface area contributed by atoms with Crippen LogP contribution in [0.15, 0.2) is 22.1 Å². The first kappa shape index (κ1) is 17.4. The van der Waals surface area contributed by atoms with Gasteiger partial charge in [-0.05, 0) is 0 Å². The van der Waals surface area contributed by atoms with E-state index in [0.717, 1.165) is 0 Å².